The van der Waals surface area contributed by atoms with Gasteiger partial charge in [-0.2, -0.15) is 11.8 Å². The van der Waals surface area contributed by atoms with Crippen LogP contribution in [0.3, 0.4) is 0 Å². The van der Waals surface area contributed by atoms with Crippen LogP contribution in [-0.4, -0.2) is 41.5 Å². The highest BCUT2D eigenvalue weighted by atomic mass is 32.2. The molecule has 3 aromatic rings. The lowest BCUT2D eigenvalue weighted by Crippen LogP contribution is -2.41. The van der Waals surface area contributed by atoms with E-state index in [0.717, 1.165) is 22.3 Å². The largest absolute Gasteiger partial charge is 0.480 e. The molecule has 9 heteroatoms. The van der Waals surface area contributed by atoms with E-state index in [1.54, 1.807) is 0 Å². The van der Waals surface area contributed by atoms with Crippen LogP contribution >= 0.6 is 11.8 Å². The van der Waals surface area contributed by atoms with E-state index in [0.29, 0.717) is 11.3 Å². The fourth-order valence-electron chi connectivity index (χ4n) is 4.26. The number of halogens is 1. The Hall–Kier alpha value is -3.85. The number of fused-ring (bicyclic) bond motifs is 3. The lowest BCUT2D eigenvalue weighted by Gasteiger charge is -2.17. The average Bonchev–Trinajstić information content (AvgIpc) is 3.19. The number of carbonyl (C=O) groups excluding carboxylic acids is 2. The van der Waals surface area contributed by atoms with Crippen LogP contribution in [0.15, 0.2) is 66.7 Å². The molecule has 0 saturated carbocycles. The Morgan fingerprint density at radius 1 is 1.03 bits per heavy atom. The van der Waals surface area contributed by atoms with E-state index in [2.05, 4.69) is 5.32 Å². The maximum atomic E-state index is 14.0. The Labute approximate surface area is 211 Å². The minimum Gasteiger partial charge on any atom is -0.480 e. The predicted molar refractivity (Wildman–Crippen MR) is 135 cm³/mol. The van der Waals surface area contributed by atoms with Gasteiger partial charge in [0, 0.05) is 17.2 Å². The number of rotatable bonds is 10. The zero-order chi connectivity index (χ0) is 25.7. The van der Waals surface area contributed by atoms with Crippen LogP contribution in [-0.2, 0) is 15.3 Å². The van der Waals surface area contributed by atoms with Gasteiger partial charge in [0.25, 0.3) is 0 Å². The Bertz CT molecular complexity index is 1250. The second-order valence-electron chi connectivity index (χ2n) is 8.37. The minimum absolute atomic E-state index is 0.0798. The van der Waals surface area contributed by atoms with Gasteiger partial charge in [-0.1, -0.05) is 48.5 Å². The molecule has 1 atom stereocenters. The molecule has 186 valence electrons. The number of nitrogens with one attached hydrogen (secondary N) is 1. The number of carboxylic acids is 1. The summed E-state index contributed by atoms with van der Waals surface area (Å²) in [5, 5.41) is 11.9. The van der Waals surface area contributed by atoms with Gasteiger partial charge in [0.1, 0.15) is 18.5 Å². The number of carbonyl (C=O) groups is 3. The Morgan fingerprint density at radius 2 is 1.67 bits per heavy atom. The van der Waals surface area contributed by atoms with Gasteiger partial charge >= 0.3 is 12.1 Å². The van der Waals surface area contributed by atoms with E-state index in [1.165, 1.54) is 30.0 Å². The predicted octanol–water partition coefficient (Wildman–Crippen LogP) is 4.54. The molecule has 0 fully saturated rings. The zero-order valence-corrected chi connectivity index (χ0v) is 20.1. The Balaban J connectivity index is 1.30. The number of nitrogens with two attached hydrogens (primary N) is 1. The van der Waals surface area contributed by atoms with Gasteiger partial charge in [-0.15, -0.1) is 0 Å². The lowest BCUT2D eigenvalue weighted by molar-refractivity contribution is -0.139. The molecule has 0 bridgehead atoms. The van der Waals surface area contributed by atoms with Crippen molar-refractivity contribution in [2.45, 2.75) is 24.1 Å². The van der Waals surface area contributed by atoms with E-state index in [9.17, 15) is 23.9 Å². The molecule has 0 aliphatic heterocycles. The maximum Gasteiger partial charge on any atom is 0.407 e. The normalized spacial score (nSPS) is 12.9. The van der Waals surface area contributed by atoms with Crippen molar-refractivity contribution in [3.63, 3.8) is 0 Å². The number of alkyl carbamates (subject to hydrolysis) is 1. The minimum atomic E-state index is -1.19. The average molecular weight is 509 g/mol. The number of primary amides is 1. The molecule has 4 N–H and O–H groups in total. The molecule has 3 aromatic carbocycles. The highest BCUT2D eigenvalue weighted by Crippen LogP contribution is 2.44. The van der Waals surface area contributed by atoms with Crippen LogP contribution in [0.25, 0.3) is 11.1 Å². The second kappa shape index (κ2) is 11.3. The molecular weight excluding hydrogens is 483 g/mol. The fourth-order valence-corrected chi connectivity index (χ4v) is 5.25. The first kappa shape index (κ1) is 25.2. The number of amides is 2. The first-order valence-corrected chi connectivity index (χ1v) is 12.5. The lowest BCUT2D eigenvalue weighted by atomic mass is 9.98. The van der Waals surface area contributed by atoms with Gasteiger partial charge in [-0.25, -0.2) is 14.0 Å². The Kier molecular flexibility index (Phi) is 7.90. The highest BCUT2D eigenvalue weighted by Gasteiger charge is 2.29. The number of hydrogen-bond donors (Lipinski definition) is 3. The van der Waals surface area contributed by atoms with Crippen molar-refractivity contribution < 1.29 is 28.6 Å². The third-order valence-electron chi connectivity index (χ3n) is 6.07. The van der Waals surface area contributed by atoms with E-state index < -0.39 is 29.8 Å². The van der Waals surface area contributed by atoms with Gasteiger partial charge in [0.2, 0.25) is 5.91 Å². The number of ether oxygens (including phenoxy) is 1. The summed E-state index contributed by atoms with van der Waals surface area (Å²) < 4.78 is 19.4. The van der Waals surface area contributed by atoms with E-state index in [4.69, 9.17) is 10.5 Å². The van der Waals surface area contributed by atoms with Gasteiger partial charge < -0.3 is 20.9 Å². The van der Waals surface area contributed by atoms with E-state index in [-0.39, 0.29) is 30.3 Å². The number of carboxylic acid groups (broad SMARTS) is 1. The third-order valence-corrected chi connectivity index (χ3v) is 7.11. The number of aliphatic carboxylic acids is 1. The standard InChI is InChI=1S/C27H25FN2O5S/c28-23-10-9-16(25(29)31)13-17(23)15-36-12-11-24(26(32)33)30-27(34)35-14-22-20-7-3-1-5-18(20)19-6-2-4-8-21(19)22/h1-10,13,22,24H,11-12,14-15H2,(H2,29,31)(H,30,34)(H,32,33). The van der Waals surface area contributed by atoms with Crippen LogP contribution in [0.1, 0.15) is 39.4 Å². The van der Waals surface area contributed by atoms with Crippen LogP contribution < -0.4 is 11.1 Å². The molecule has 0 heterocycles. The molecular formula is C27H25FN2O5S. The molecule has 0 radical (unpaired) electrons. The maximum absolute atomic E-state index is 14.0. The molecule has 4 rings (SSSR count). The van der Waals surface area contributed by atoms with Gasteiger partial charge in [0.05, 0.1) is 0 Å². The number of thioether (sulfide) groups is 1. The molecule has 36 heavy (non-hydrogen) atoms. The fraction of sp³-hybridized carbons (Fsp3) is 0.222. The third kappa shape index (κ3) is 5.68. The second-order valence-corrected chi connectivity index (χ2v) is 9.48. The molecule has 1 unspecified atom stereocenters. The summed E-state index contributed by atoms with van der Waals surface area (Å²) in [4.78, 5) is 35.4. The van der Waals surface area contributed by atoms with Crippen LogP contribution in [0.4, 0.5) is 9.18 Å². The van der Waals surface area contributed by atoms with Crippen LogP contribution in [0.5, 0.6) is 0 Å². The van der Waals surface area contributed by atoms with E-state index >= 15 is 0 Å². The summed E-state index contributed by atoms with van der Waals surface area (Å²) in [6, 6.07) is 18.6. The van der Waals surface area contributed by atoms with Crippen molar-refractivity contribution in [1.82, 2.24) is 5.32 Å². The summed E-state index contributed by atoms with van der Waals surface area (Å²) in [6.07, 6.45) is -0.698. The zero-order valence-electron chi connectivity index (χ0n) is 19.3. The van der Waals surface area contributed by atoms with Crippen molar-refractivity contribution >= 4 is 29.7 Å². The molecule has 0 saturated heterocycles. The van der Waals surface area contributed by atoms with Crippen LogP contribution in [0.2, 0.25) is 0 Å². The summed E-state index contributed by atoms with van der Waals surface area (Å²) in [5.41, 5.74) is 10.0. The van der Waals surface area contributed by atoms with E-state index in [1.807, 2.05) is 48.5 Å². The SMILES string of the molecule is NC(=O)c1ccc(F)c(CSCCC(NC(=O)OCC2c3ccccc3-c3ccccc32)C(=O)O)c1. The van der Waals surface area contributed by atoms with Crippen molar-refractivity contribution in [1.29, 1.82) is 0 Å². The van der Waals surface area contributed by atoms with Gasteiger partial charge in [-0.3, -0.25) is 4.79 Å². The molecule has 2 amide bonds. The molecule has 0 aromatic heterocycles. The topological polar surface area (TPSA) is 119 Å². The first-order chi connectivity index (χ1) is 17.3. The summed E-state index contributed by atoms with van der Waals surface area (Å²) in [5.74, 6) is -1.89. The van der Waals surface area contributed by atoms with Crippen molar-refractivity contribution in [2.24, 2.45) is 5.73 Å². The van der Waals surface area contributed by atoms with Crippen LogP contribution in [0, 0.1) is 5.82 Å². The molecule has 1 aliphatic carbocycles. The highest BCUT2D eigenvalue weighted by molar-refractivity contribution is 7.98. The smallest absolute Gasteiger partial charge is 0.407 e. The Morgan fingerprint density at radius 3 is 2.28 bits per heavy atom. The number of benzene rings is 3. The summed E-state index contributed by atoms with van der Waals surface area (Å²) in [7, 11) is 0. The van der Waals surface area contributed by atoms with Gasteiger partial charge in [-0.05, 0) is 58.2 Å². The molecule has 0 spiro atoms. The monoisotopic (exact) mass is 508 g/mol. The molecule has 7 nitrogen and oxygen atoms in total. The van der Waals surface area contributed by atoms with Crippen molar-refractivity contribution in [2.75, 3.05) is 12.4 Å². The molecule has 1 aliphatic rings. The van der Waals surface area contributed by atoms with Gasteiger partial charge in [0.15, 0.2) is 0 Å². The summed E-state index contributed by atoms with van der Waals surface area (Å²) in [6.45, 7) is 0.0798. The summed E-state index contributed by atoms with van der Waals surface area (Å²) >= 11 is 1.28. The quantitative estimate of drug-likeness (QED) is 0.346. The van der Waals surface area contributed by atoms with Crippen molar-refractivity contribution in [3.05, 3.63) is 94.8 Å². The number of hydrogen-bond acceptors (Lipinski definition) is 5. The van der Waals surface area contributed by atoms with Crippen molar-refractivity contribution in [3.8, 4) is 11.1 Å². The first-order valence-electron chi connectivity index (χ1n) is 11.4.